The van der Waals surface area contributed by atoms with Gasteiger partial charge in [-0.2, -0.15) is 0 Å². The van der Waals surface area contributed by atoms with E-state index in [1.165, 1.54) is 6.07 Å². The second kappa shape index (κ2) is 6.39. The van der Waals surface area contributed by atoms with E-state index in [0.29, 0.717) is 16.7 Å². The van der Waals surface area contributed by atoms with Crippen LogP contribution in [0.5, 0.6) is 5.75 Å². The minimum absolute atomic E-state index is 0.431. The standard InChI is InChI=1S/C23H15NO4/c1-26-16-8-6-15(7-9-16)24-13-14-10-23(25)28-21-12-22-19(11-18(14)21)17-4-2-3-5-20(17)27-22/h2-13H,1H3. The topological polar surface area (TPSA) is 64.9 Å². The predicted molar refractivity (Wildman–Crippen MR) is 110 cm³/mol. The van der Waals surface area contributed by atoms with E-state index in [4.69, 9.17) is 13.6 Å². The first-order valence-corrected chi connectivity index (χ1v) is 8.78. The Hall–Kier alpha value is -3.86. The molecule has 0 bridgehead atoms. The maximum Gasteiger partial charge on any atom is 0.336 e. The van der Waals surface area contributed by atoms with Crippen LogP contribution in [0, 0.1) is 0 Å². The van der Waals surface area contributed by atoms with Crippen LogP contribution < -0.4 is 10.4 Å². The van der Waals surface area contributed by atoms with Crippen LogP contribution in [0.2, 0.25) is 0 Å². The van der Waals surface area contributed by atoms with Crippen molar-refractivity contribution in [2.75, 3.05) is 7.11 Å². The van der Waals surface area contributed by atoms with E-state index in [2.05, 4.69) is 4.99 Å². The number of aliphatic imine (C=N–C) groups is 1. The summed E-state index contributed by atoms with van der Waals surface area (Å²) in [5.74, 6) is 0.763. The third kappa shape index (κ3) is 2.74. The van der Waals surface area contributed by atoms with Crippen LogP contribution in [-0.4, -0.2) is 13.3 Å². The Balaban J connectivity index is 1.69. The zero-order valence-corrected chi connectivity index (χ0v) is 15.0. The normalized spacial score (nSPS) is 11.8. The lowest BCUT2D eigenvalue weighted by atomic mass is 10.1. The Morgan fingerprint density at radius 1 is 0.821 bits per heavy atom. The molecule has 136 valence electrons. The highest BCUT2D eigenvalue weighted by molar-refractivity contribution is 6.11. The molecule has 28 heavy (non-hydrogen) atoms. The van der Waals surface area contributed by atoms with Gasteiger partial charge in [0.25, 0.3) is 0 Å². The van der Waals surface area contributed by atoms with E-state index in [-0.39, 0.29) is 0 Å². The number of methoxy groups -OCH3 is 1. The van der Waals surface area contributed by atoms with E-state index in [1.807, 2.05) is 54.6 Å². The van der Waals surface area contributed by atoms with Crippen LogP contribution in [0.25, 0.3) is 32.9 Å². The lowest BCUT2D eigenvalue weighted by Gasteiger charge is -2.02. The van der Waals surface area contributed by atoms with Crippen molar-refractivity contribution >= 4 is 44.8 Å². The van der Waals surface area contributed by atoms with Crippen molar-refractivity contribution < 1.29 is 13.6 Å². The van der Waals surface area contributed by atoms with Gasteiger partial charge >= 0.3 is 5.63 Å². The third-order valence-corrected chi connectivity index (χ3v) is 4.70. The average molecular weight is 369 g/mol. The smallest absolute Gasteiger partial charge is 0.336 e. The summed E-state index contributed by atoms with van der Waals surface area (Å²) in [7, 11) is 1.62. The van der Waals surface area contributed by atoms with Crippen molar-refractivity contribution in [2.45, 2.75) is 0 Å². The van der Waals surface area contributed by atoms with Gasteiger partial charge in [0.15, 0.2) is 0 Å². The summed E-state index contributed by atoms with van der Waals surface area (Å²) < 4.78 is 16.4. The fraction of sp³-hybridized carbons (Fsp3) is 0.0435. The Morgan fingerprint density at radius 3 is 2.43 bits per heavy atom. The summed E-state index contributed by atoms with van der Waals surface area (Å²) in [6.45, 7) is 0. The molecule has 0 spiro atoms. The Bertz CT molecular complexity index is 1410. The SMILES string of the molecule is COc1ccc(N=Cc2cc(=O)oc3cc4oc5ccccc5c4cc23)cc1. The number of ether oxygens (including phenoxy) is 1. The molecule has 0 N–H and O–H groups in total. The molecular formula is C23H15NO4. The Labute approximate surface area is 159 Å². The number of para-hydroxylation sites is 1. The highest BCUT2D eigenvalue weighted by atomic mass is 16.5. The second-order valence-corrected chi connectivity index (χ2v) is 6.42. The maximum absolute atomic E-state index is 12.0. The molecular weight excluding hydrogens is 354 g/mol. The molecule has 5 heteroatoms. The molecule has 0 amide bonds. The third-order valence-electron chi connectivity index (χ3n) is 4.70. The Kier molecular flexibility index (Phi) is 3.72. The second-order valence-electron chi connectivity index (χ2n) is 6.42. The first kappa shape index (κ1) is 16.3. The number of hydrogen-bond acceptors (Lipinski definition) is 5. The van der Waals surface area contributed by atoms with Gasteiger partial charge in [-0.15, -0.1) is 0 Å². The highest BCUT2D eigenvalue weighted by Gasteiger charge is 2.11. The van der Waals surface area contributed by atoms with Crippen molar-refractivity contribution in [1.29, 1.82) is 0 Å². The number of benzene rings is 3. The molecule has 0 aliphatic rings. The zero-order valence-electron chi connectivity index (χ0n) is 15.0. The fourth-order valence-electron chi connectivity index (χ4n) is 3.32. The molecule has 5 rings (SSSR count). The first-order chi connectivity index (χ1) is 13.7. The van der Waals surface area contributed by atoms with Crippen molar-refractivity contribution in [3.8, 4) is 5.75 Å². The largest absolute Gasteiger partial charge is 0.497 e. The molecule has 0 saturated heterocycles. The molecule has 0 radical (unpaired) electrons. The maximum atomic E-state index is 12.0. The predicted octanol–water partition coefficient (Wildman–Crippen LogP) is 5.45. The number of rotatable bonds is 3. The Morgan fingerprint density at radius 2 is 1.61 bits per heavy atom. The van der Waals surface area contributed by atoms with E-state index in [0.717, 1.165) is 33.2 Å². The van der Waals surface area contributed by atoms with Gasteiger partial charge in [0.05, 0.1) is 12.8 Å². The average Bonchev–Trinajstić information content (AvgIpc) is 3.08. The van der Waals surface area contributed by atoms with Crippen molar-refractivity contribution in [3.63, 3.8) is 0 Å². The van der Waals surface area contributed by atoms with Crippen molar-refractivity contribution in [1.82, 2.24) is 0 Å². The molecule has 0 atom stereocenters. The molecule has 5 aromatic rings. The van der Waals surface area contributed by atoms with Gasteiger partial charge in [0.1, 0.15) is 22.5 Å². The zero-order chi connectivity index (χ0) is 19.1. The van der Waals surface area contributed by atoms with Gasteiger partial charge in [0.2, 0.25) is 0 Å². The van der Waals surface area contributed by atoms with Crippen LogP contribution in [0.4, 0.5) is 5.69 Å². The molecule has 2 aromatic heterocycles. The summed E-state index contributed by atoms with van der Waals surface area (Å²) in [6.07, 6.45) is 1.68. The summed E-state index contributed by atoms with van der Waals surface area (Å²) in [4.78, 5) is 16.5. The summed E-state index contributed by atoms with van der Waals surface area (Å²) in [5.41, 5.74) is 2.96. The fourth-order valence-corrected chi connectivity index (χ4v) is 3.32. The number of hydrogen-bond donors (Lipinski definition) is 0. The number of nitrogens with zero attached hydrogens (tertiary/aromatic N) is 1. The van der Waals surface area contributed by atoms with Gasteiger partial charge < -0.3 is 13.6 Å². The van der Waals surface area contributed by atoms with Crippen LogP contribution in [0.15, 0.2) is 85.4 Å². The van der Waals surface area contributed by atoms with Gasteiger partial charge in [-0.1, -0.05) is 18.2 Å². The molecule has 0 saturated carbocycles. The van der Waals surface area contributed by atoms with Gasteiger partial charge in [0, 0.05) is 40.1 Å². The molecule has 0 aliphatic heterocycles. The first-order valence-electron chi connectivity index (χ1n) is 8.78. The van der Waals surface area contributed by atoms with Crippen molar-refractivity contribution in [2.24, 2.45) is 4.99 Å². The van der Waals surface area contributed by atoms with E-state index >= 15 is 0 Å². The number of furan rings is 1. The van der Waals surface area contributed by atoms with E-state index in [1.54, 1.807) is 19.4 Å². The molecule has 0 aliphatic carbocycles. The van der Waals surface area contributed by atoms with Crippen LogP contribution in [0.1, 0.15) is 5.56 Å². The van der Waals surface area contributed by atoms with Gasteiger partial charge in [-0.05, 0) is 36.4 Å². The van der Waals surface area contributed by atoms with E-state index in [9.17, 15) is 4.79 Å². The molecule has 0 fully saturated rings. The lowest BCUT2D eigenvalue weighted by molar-refractivity contribution is 0.415. The van der Waals surface area contributed by atoms with Crippen molar-refractivity contribution in [3.05, 3.63) is 82.7 Å². The summed E-state index contributed by atoms with van der Waals surface area (Å²) >= 11 is 0. The van der Waals surface area contributed by atoms with Gasteiger partial charge in [-0.25, -0.2) is 4.79 Å². The summed E-state index contributed by atoms with van der Waals surface area (Å²) in [6, 6.07) is 20.4. The molecule has 2 heterocycles. The lowest BCUT2D eigenvalue weighted by Crippen LogP contribution is -2.00. The number of fused-ring (bicyclic) bond motifs is 4. The monoisotopic (exact) mass is 369 g/mol. The molecule has 0 unspecified atom stereocenters. The molecule has 3 aromatic carbocycles. The van der Waals surface area contributed by atoms with Crippen LogP contribution >= 0.6 is 0 Å². The van der Waals surface area contributed by atoms with E-state index < -0.39 is 5.63 Å². The van der Waals surface area contributed by atoms with Gasteiger partial charge in [-0.3, -0.25) is 4.99 Å². The molecule has 5 nitrogen and oxygen atoms in total. The minimum Gasteiger partial charge on any atom is -0.497 e. The van der Waals surface area contributed by atoms with Crippen LogP contribution in [0.3, 0.4) is 0 Å². The minimum atomic E-state index is -0.431. The summed E-state index contributed by atoms with van der Waals surface area (Å²) in [5, 5.41) is 2.79. The quantitative estimate of drug-likeness (QED) is 0.313. The van der Waals surface area contributed by atoms with Crippen LogP contribution in [-0.2, 0) is 0 Å². The highest BCUT2D eigenvalue weighted by Crippen LogP contribution is 2.32.